The van der Waals surface area contributed by atoms with Crippen LogP contribution in [0.5, 0.6) is 0 Å². The highest BCUT2D eigenvalue weighted by Gasteiger charge is 2.59. The fraction of sp³-hybridized carbons (Fsp3) is 0.829. The molecule has 5 rings (SSSR count). The lowest BCUT2D eigenvalue weighted by molar-refractivity contribution is -0.208. The van der Waals surface area contributed by atoms with Crippen LogP contribution in [0.4, 0.5) is 10.6 Å². The van der Waals surface area contributed by atoms with Gasteiger partial charge < -0.3 is 42.6 Å². The Balaban J connectivity index is 1.48. The fourth-order valence-electron chi connectivity index (χ4n) is 6.96. The third-order valence-corrected chi connectivity index (χ3v) is 13.9. The smallest absolute Gasteiger partial charge is 0.416 e. The number of hydrogen-bond acceptors (Lipinski definition) is 14. The molecule has 0 aromatic carbocycles. The molecule has 1 saturated carbocycles. The lowest BCUT2D eigenvalue weighted by Gasteiger charge is -2.38. The molecule has 16 nitrogen and oxygen atoms in total. The van der Waals surface area contributed by atoms with Gasteiger partial charge in [-0.2, -0.15) is 15.1 Å². The molecule has 1 amide bonds. The van der Waals surface area contributed by atoms with E-state index in [0.717, 1.165) is 31.7 Å². The van der Waals surface area contributed by atoms with Crippen LogP contribution in [0.25, 0.3) is 11.0 Å². The summed E-state index contributed by atoms with van der Waals surface area (Å²) in [6.45, 7) is 18.4. The number of carbonyl (C=O) groups excluding carboxylic acids is 1. The lowest BCUT2D eigenvalue weighted by atomic mass is 10.1. The van der Waals surface area contributed by atoms with E-state index in [4.69, 9.17) is 49.1 Å². The average Bonchev–Trinajstić information content (AvgIpc) is 3.85. The van der Waals surface area contributed by atoms with Crippen LogP contribution < -0.4 is 4.90 Å². The quantitative estimate of drug-likeness (QED) is 0.0755. The summed E-state index contributed by atoms with van der Waals surface area (Å²) in [5.74, 6) is -0.716. The number of anilines is 1. The summed E-state index contributed by atoms with van der Waals surface area (Å²) in [4.78, 5) is 24.4. The van der Waals surface area contributed by atoms with Gasteiger partial charge in [-0.15, -0.1) is 0 Å². The molecule has 2 aromatic rings. The van der Waals surface area contributed by atoms with Gasteiger partial charge >= 0.3 is 13.7 Å². The highest BCUT2D eigenvalue weighted by molar-refractivity contribution is 7.55. The molecule has 1 N–H and O–H groups in total. The molecule has 0 bridgehead atoms. The molecule has 0 unspecified atom stereocenters. The first-order chi connectivity index (χ1) is 25.3. The summed E-state index contributed by atoms with van der Waals surface area (Å²) >= 11 is 6.58. The lowest BCUT2D eigenvalue weighted by Crippen LogP contribution is -2.46. The van der Waals surface area contributed by atoms with Crippen molar-refractivity contribution in [1.29, 1.82) is 0 Å². The van der Waals surface area contributed by atoms with E-state index in [9.17, 15) is 14.5 Å². The van der Waals surface area contributed by atoms with Gasteiger partial charge in [0.2, 0.25) is 10.6 Å². The summed E-state index contributed by atoms with van der Waals surface area (Å²) in [5.41, 5.74) is -0.426. The number of aromatic nitrogens is 4. The van der Waals surface area contributed by atoms with Crippen molar-refractivity contribution < 1.29 is 51.9 Å². The molecule has 2 saturated heterocycles. The summed E-state index contributed by atoms with van der Waals surface area (Å²) < 4.78 is 64.9. The van der Waals surface area contributed by atoms with Gasteiger partial charge in [-0.1, -0.05) is 32.5 Å². The average molecular weight is 820 g/mol. The minimum Gasteiger partial charge on any atom is -0.443 e. The Hall–Kier alpha value is -1.76. The number of ether oxygens (including phenoxy) is 6. The first-order valence-electron chi connectivity index (χ1n) is 18.9. The van der Waals surface area contributed by atoms with Crippen molar-refractivity contribution in [2.45, 2.75) is 147 Å². The maximum atomic E-state index is 14.4. The van der Waals surface area contributed by atoms with Crippen LogP contribution in [0.1, 0.15) is 80.4 Å². The monoisotopic (exact) mass is 819 g/mol. The number of aliphatic hydroxyl groups is 1. The van der Waals surface area contributed by atoms with Gasteiger partial charge in [0.25, 0.3) is 0 Å². The number of halogens is 1. The highest BCUT2D eigenvalue weighted by Crippen LogP contribution is 2.61. The zero-order valence-corrected chi connectivity index (χ0v) is 36.0. The zero-order chi connectivity index (χ0) is 39.7. The van der Waals surface area contributed by atoms with Crippen LogP contribution in [-0.4, -0.2) is 120 Å². The summed E-state index contributed by atoms with van der Waals surface area (Å²) in [7, 11) is -5.56. The highest BCUT2D eigenvalue weighted by atomic mass is 35.5. The van der Waals surface area contributed by atoms with Gasteiger partial charge in [0, 0.05) is 20.7 Å². The zero-order valence-electron chi connectivity index (χ0n) is 33.3. The first kappa shape index (κ1) is 43.4. The number of nitrogens with zero attached hydrogens (tertiary/aromatic N) is 5. The molecule has 19 heteroatoms. The van der Waals surface area contributed by atoms with Crippen LogP contribution in [0.15, 0.2) is 6.20 Å². The van der Waals surface area contributed by atoms with Crippen molar-refractivity contribution in [3.05, 3.63) is 11.5 Å². The van der Waals surface area contributed by atoms with Crippen molar-refractivity contribution in [2.75, 3.05) is 44.5 Å². The second-order valence-electron chi connectivity index (χ2n) is 16.7. The SMILES string of the molecule is CCOP(=O)(OCC)[C@@](CO)(COCC[Si](C)(C)C)OC[C@H]1O[C@@H](n2ncc3c(N(C(=O)OC(C)(C)C)C4CCCC4)nc(Cl)nc32)[C@@H]2OC(C)(C)O[C@@H]21. The number of rotatable bonds is 17. The Morgan fingerprint density at radius 3 is 2.35 bits per heavy atom. The summed E-state index contributed by atoms with van der Waals surface area (Å²) in [6.07, 6.45) is 1.46. The minimum absolute atomic E-state index is 0.0556. The van der Waals surface area contributed by atoms with Gasteiger partial charge in [0.15, 0.2) is 23.5 Å². The predicted molar refractivity (Wildman–Crippen MR) is 205 cm³/mol. The fourth-order valence-corrected chi connectivity index (χ4v) is 9.76. The Morgan fingerprint density at radius 2 is 1.76 bits per heavy atom. The normalized spacial score (nSPS) is 24.6. The van der Waals surface area contributed by atoms with Crippen LogP contribution in [0.3, 0.4) is 0 Å². The Bertz CT molecular complexity index is 1640. The standard InChI is InChI=1S/C35H59ClN5O11PSi/c1-11-47-53(44,48-12-2)35(21-42,22-45-17-18-54(8,9)10)46-20-25-26-27(51-34(6,7)50-26)30(49-25)41-29-24(19-37-41)28(38-31(36)39-29)40(23-15-13-14-16-23)32(43)52-33(3,4)5/h19,23,25-27,30,42H,11-18,20-22H2,1-10H3/t25-,26-,27-,30-,35+/m1/s1. The molecule has 54 heavy (non-hydrogen) atoms. The third-order valence-electron chi connectivity index (χ3n) is 9.47. The topological polar surface area (TPSA) is 175 Å². The van der Waals surface area contributed by atoms with E-state index in [2.05, 4.69) is 34.7 Å². The van der Waals surface area contributed by atoms with Crippen LogP contribution in [0, 0.1) is 0 Å². The van der Waals surface area contributed by atoms with E-state index in [1.54, 1.807) is 43.5 Å². The summed E-state index contributed by atoms with van der Waals surface area (Å²) in [6, 6.07) is 0.706. The van der Waals surface area contributed by atoms with Gasteiger partial charge in [0.1, 0.15) is 23.9 Å². The molecule has 4 heterocycles. The van der Waals surface area contributed by atoms with Crippen LogP contribution in [0.2, 0.25) is 31.0 Å². The number of aliphatic hydroxyl groups excluding tert-OH is 1. The second-order valence-corrected chi connectivity index (χ2v) is 25.0. The molecule has 3 aliphatic rings. The van der Waals surface area contributed by atoms with Crippen molar-refractivity contribution in [3.63, 3.8) is 0 Å². The van der Waals surface area contributed by atoms with E-state index >= 15 is 0 Å². The van der Waals surface area contributed by atoms with E-state index in [0.29, 0.717) is 23.5 Å². The van der Waals surface area contributed by atoms with Gasteiger partial charge in [-0.05, 0) is 79.0 Å². The molecule has 306 valence electrons. The molecular weight excluding hydrogens is 761 g/mol. The van der Waals surface area contributed by atoms with Gasteiger partial charge in [0.05, 0.1) is 44.6 Å². The van der Waals surface area contributed by atoms with Crippen molar-refractivity contribution in [2.24, 2.45) is 0 Å². The van der Waals surface area contributed by atoms with Crippen molar-refractivity contribution >= 4 is 50.2 Å². The van der Waals surface area contributed by atoms with Crippen molar-refractivity contribution in [1.82, 2.24) is 19.7 Å². The van der Waals surface area contributed by atoms with E-state index in [-0.39, 0.29) is 37.8 Å². The second kappa shape index (κ2) is 17.0. The molecule has 0 spiro atoms. The molecule has 3 fully saturated rings. The number of fused-ring (bicyclic) bond motifs is 2. The molecule has 1 aliphatic carbocycles. The molecular formula is C35H59ClN5O11PSi. The predicted octanol–water partition coefficient (Wildman–Crippen LogP) is 6.91. The minimum atomic E-state index is -4.10. The summed E-state index contributed by atoms with van der Waals surface area (Å²) in [5, 5.41) is 14.1. The van der Waals surface area contributed by atoms with Gasteiger partial charge in [-0.3, -0.25) is 9.46 Å². The number of hydrogen-bond donors (Lipinski definition) is 1. The number of carbonyl (C=O) groups is 1. The maximum Gasteiger partial charge on any atom is 0.416 e. The largest absolute Gasteiger partial charge is 0.443 e. The van der Waals surface area contributed by atoms with Crippen LogP contribution in [-0.2, 0) is 42.0 Å². The Morgan fingerprint density at radius 1 is 1.11 bits per heavy atom. The Labute approximate surface area is 324 Å². The third kappa shape index (κ3) is 9.67. The molecule has 2 aromatic heterocycles. The van der Waals surface area contributed by atoms with E-state index in [1.807, 2.05) is 20.8 Å². The maximum absolute atomic E-state index is 14.4. The number of amides is 1. The van der Waals surface area contributed by atoms with Crippen molar-refractivity contribution in [3.8, 4) is 0 Å². The molecule has 5 atom stereocenters. The first-order valence-corrected chi connectivity index (χ1v) is 24.5. The van der Waals surface area contributed by atoms with Gasteiger partial charge in [-0.25, -0.2) is 9.48 Å². The van der Waals surface area contributed by atoms with E-state index < -0.39 is 69.6 Å². The molecule has 0 radical (unpaired) electrons. The molecule has 2 aliphatic heterocycles. The van der Waals surface area contributed by atoms with E-state index in [1.165, 1.54) is 0 Å². The Kier molecular flexibility index (Phi) is 13.6. The van der Waals surface area contributed by atoms with Crippen LogP contribution >= 0.6 is 19.2 Å².